The van der Waals surface area contributed by atoms with Crippen LogP contribution < -0.4 is 10.2 Å². The Morgan fingerprint density at radius 2 is 2.05 bits per heavy atom. The maximum atomic E-state index is 11.9. The van der Waals surface area contributed by atoms with E-state index in [-0.39, 0.29) is 5.91 Å². The van der Waals surface area contributed by atoms with Gasteiger partial charge in [0.25, 0.3) is 5.91 Å². The van der Waals surface area contributed by atoms with Crippen LogP contribution in [0.4, 0.5) is 5.95 Å². The fourth-order valence-electron chi connectivity index (χ4n) is 2.22. The molecule has 0 spiro atoms. The molecule has 6 heteroatoms. The van der Waals surface area contributed by atoms with Crippen LogP contribution in [0.1, 0.15) is 30.8 Å². The highest BCUT2D eigenvalue weighted by Gasteiger charge is 2.18. The smallest absolute Gasteiger partial charge is 0.270 e. The molecule has 0 saturated carbocycles. The third-order valence-electron chi connectivity index (χ3n) is 3.51. The number of rotatable bonds is 5. The van der Waals surface area contributed by atoms with Crippen LogP contribution in [0.2, 0.25) is 0 Å². The number of carbonyl (C=O) groups excluding carboxylic acids is 1. The average molecular weight is 277 g/mol. The van der Waals surface area contributed by atoms with Gasteiger partial charge in [-0.05, 0) is 19.0 Å². The van der Waals surface area contributed by atoms with E-state index in [1.165, 1.54) is 0 Å². The van der Waals surface area contributed by atoms with Crippen LogP contribution in [0.3, 0.4) is 0 Å². The Labute approximate surface area is 120 Å². The number of hydrogen-bond acceptors (Lipinski definition) is 5. The van der Waals surface area contributed by atoms with Crippen LogP contribution in [-0.2, 0) is 0 Å². The van der Waals surface area contributed by atoms with Crippen LogP contribution in [0.15, 0.2) is 12.3 Å². The summed E-state index contributed by atoms with van der Waals surface area (Å²) in [6, 6.07) is 1.66. The molecule has 0 aromatic carbocycles. The predicted octanol–water partition coefficient (Wildman–Crippen LogP) is 0.758. The van der Waals surface area contributed by atoms with E-state index >= 15 is 0 Å². The van der Waals surface area contributed by atoms with Gasteiger partial charge in [0.05, 0.1) is 0 Å². The first-order valence-electron chi connectivity index (χ1n) is 7.33. The molecule has 1 aliphatic heterocycles. The lowest BCUT2D eigenvalue weighted by molar-refractivity contribution is 0.0948. The molecule has 110 valence electrons. The van der Waals surface area contributed by atoms with E-state index in [4.69, 9.17) is 0 Å². The Balaban J connectivity index is 2.01. The number of nitrogens with zero attached hydrogens (tertiary/aromatic N) is 4. The second kappa shape index (κ2) is 7.19. The summed E-state index contributed by atoms with van der Waals surface area (Å²) >= 11 is 0. The van der Waals surface area contributed by atoms with Gasteiger partial charge in [-0.25, -0.2) is 9.97 Å². The number of amides is 1. The molecule has 0 atom stereocenters. The predicted molar refractivity (Wildman–Crippen MR) is 79.0 cm³/mol. The minimum absolute atomic E-state index is 0.123. The van der Waals surface area contributed by atoms with Crippen molar-refractivity contribution in [3.63, 3.8) is 0 Å². The summed E-state index contributed by atoms with van der Waals surface area (Å²) in [4.78, 5) is 25.1. The highest BCUT2D eigenvalue weighted by Crippen LogP contribution is 2.11. The van der Waals surface area contributed by atoms with Crippen LogP contribution in [0, 0.1) is 0 Å². The second-order valence-electron chi connectivity index (χ2n) is 4.92. The van der Waals surface area contributed by atoms with Gasteiger partial charge in [-0.15, -0.1) is 0 Å². The first kappa shape index (κ1) is 14.7. The normalized spacial score (nSPS) is 16.2. The quantitative estimate of drug-likeness (QED) is 0.861. The zero-order valence-electron chi connectivity index (χ0n) is 12.3. The number of nitrogens with one attached hydrogen (secondary N) is 1. The van der Waals surface area contributed by atoms with E-state index in [0.29, 0.717) is 18.2 Å². The molecule has 0 bridgehead atoms. The van der Waals surface area contributed by atoms with Crippen molar-refractivity contribution < 1.29 is 4.79 Å². The van der Waals surface area contributed by atoms with Gasteiger partial charge >= 0.3 is 0 Å². The maximum absolute atomic E-state index is 11.9. The standard InChI is InChI=1S/C14H23N5O/c1-3-6-15-13(20)12-5-7-16-14(17-12)19-10-8-18(4-2)9-11-19/h5,7H,3-4,6,8-11H2,1-2H3,(H,15,20). The van der Waals surface area contributed by atoms with E-state index in [0.717, 1.165) is 39.1 Å². The van der Waals surface area contributed by atoms with Crippen molar-refractivity contribution in [3.05, 3.63) is 18.0 Å². The Morgan fingerprint density at radius 3 is 2.70 bits per heavy atom. The Kier molecular flexibility index (Phi) is 5.29. The Morgan fingerprint density at radius 1 is 1.30 bits per heavy atom. The molecule has 1 fully saturated rings. The van der Waals surface area contributed by atoms with Gasteiger partial charge in [0.2, 0.25) is 5.95 Å². The van der Waals surface area contributed by atoms with Crippen LogP contribution in [0.5, 0.6) is 0 Å². The molecule has 2 rings (SSSR count). The van der Waals surface area contributed by atoms with Crippen LogP contribution in [0.25, 0.3) is 0 Å². The molecule has 1 aromatic heterocycles. The summed E-state index contributed by atoms with van der Waals surface area (Å²) in [5.74, 6) is 0.535. The van der Waals surface area contributed by atoms with Gasteiger partial charge in [-0.2, -0.15) is 0 Å². The van der Waals surface area contributed by atoms with Gasteiger partial charge in [-0.1, -0.05) is 13.8 Å². The monoisotopic (exact) mass is 277 g/mol. The molecule has 1 aromatic rings. The highest BCUT2D eigenvalue weighted by molar-refractivity contribution is 5.92. The molecule has 1 aliphatic rings. The molecule has 1 amide bonds. The fraction of sp³-hybridized carbons (Fsp3) is 0.643. The van der Waals surface area contributed by atoms with E-state index < -0.39 is 0 Å². The van der Waals surface area contributed by atoms with Crippen molar-refractivity contribution in [2.75, 3.05) is 44.2 Å². The lowest BCUT2D eigenvalue weighted by atomic mass is 10.3. The molecule has 6 nitrogen and oxygen atoms in total. The summed E-state index contributed by atoms with van der Waals surface area (Å²) in [6.45, 7) is 9.81. The van der Waals surface area contributed by atoms with E-state index in [9.17, 15) is 4.79 Å². The molecule has 0 aliphatic carbocycles. The van der Waals surface area contributed by atoms with Gasteiger partial charge < -0.3 is 15.1 Å². The van der Waals surface area contributed by atoms with Crippen molar-refractivity contribution in [2.45, 2.75) is 20.3 Å². The van der Waals surface area contributed by atoms with Crippen molar-refractivity contribution in [2.24, 2.45) is 0 Å². The third kappa shape index (κ3) is 3.66. The molecule has 0 unspecified atom stereocenters. The maximum Gasteiger partial charge on any atom is 0.270 e. The lowest BCUT2D eigenvalue weighted by Crippen LogP contribution is -2.46. The number of piperazine rings is 1. The number of likely N-dealkylation sites (N-methyl/N-ethyl adjacent to an activating group) is 1. The number of anilines is 1. The Hall–Kier alpha value is -1.69. The van der Waals surface area contributed by atoms with Gasteiger partial charge in [0.15, 0.2) is 0 Å². The van der Waals surface area contributed by atoms with Crippen LogP contribution >= 0.6 is 0 Å². The molecule has 2 heterocycles. The molecular weight excluding hydrogens is 254 g/mol. The SMILES string of the molecule is CCCNC(=O)c1ccnc(N2CCN(CC)CC2)n1. The van der Waals surface area contributed by atoms with Crippen molar-refractivity contribution in [1.29, 1.82) is 0 Å². The first-order valence-corrected chi connectivity index (χ1v) is 7.33. The largest absolute Gasteiger partial charge is 0.351 e. The lowest BCUT2D eigenvalue weighted by Gasteiger charge is -2.34. The molecular formula is C14H23N5O. The minimum atomic E-state index is -0.123. The molecule has 1 saturated heterocycles. The van der Waals surface area contributed by atoms with E-state index in [1.807, 2.05) is 6.92 Å². The van der Waals surface area contributed by atoms with Crippen LogP contribution in [-0.4, -0.2) is 60.0 Å². The van der Waals surface area contributed by atoms with Gasteiger partial charge in [0, 0.05) is 38.9 Å². The van der Waals surface area contributed by atoms with Crippen molar-refractivity contribution in [3.8, 4) is 0 Å². The Bertz CT molecular complexity index is 443. The summed E-state index contributed by atoms with van der Waals surface area (Å²) in [5.41, 5.74) is 0.446. The second-order valence-corrected chi connectivity index (χ2v) is 4.92. The molecule has 0 radical (unpaired) electrons. The molecule has 1 N–H and O–H groups in total. The summed E-state index contributed by atoms with van der Waals surface area (Å²) < 4.78 is 0. The minimum Gasteiger partial charge on any atom is -0.351 e. The van der Waals surface area contributed by atoms with E-state index in [2.05, 4.69) is 32.0 Å². The fourth-order valence-corrected chi connectivity index (χ4v) is 2.22. The first-order chi connectivity index (χ1) is 9.74. The topological polar surface area (TPSA) is 61.4 Å². The highest BCUT2D eigenvalue weighted by atomic mass is 16.1. The molecule has 20 heavy (non-hydrogen) atoms. The number of aromatic nitrogens is 2. The van der Waals surface area contributed by atoms with E-state index in [1.54, 1.807) is 12.3 Å². The van der Waals surface area contributed by atoms with Gasteiger partial charge in [0.1, 0.15) is 5.69 Å². The van der Waals surface area contributed by atoms with Crippen molar-refractivity contribution >= 4 is 11.9 Å². The summed E-state index contributed by atoms with van der Waals surface area (Å²) in [6.07, 6.45) is 2.58. The van der Waals surface area contributed by atoms with Gasteiger partial charge in [-0.3, -0.25) is 4.79 Å². The number of hydrogen-bond donors (Lipinski definition) is 1. The average Bonchev–Trinajstić information content (AvgIpc) is 2.52. The van der Waals surface area contributed by atoms with Crippen molar-refractivity contribution in [1.82, 2.24) is 20.2 Å². The number of carbonyl (C=O) groups is 1. The zero-order chi connectivity index (χ0) is 14.4. The summed E-state index contributed by atoms with van der Waals surface area (Å²) in [5, 5.41) is 2.84. The summed E-state index contributed by atoms with van der Waals surface area (Å²) in [7, 11) is 0. The zero-order valence-corrected chi connectivity index (χ0v) is 12.3. The third-order valence-corrected chi connectivity index (χ3v) is 3.51.